The van der Waals surface area contributed by atoms with E-state index in [0.29, 0.717) is 36.5 Å². The van der Waals surface area contributed by atoms with Gasteiger partial charge in [0.25, 0.3) is 0 Å². The molecular weight excluding hydrogens is 545 g/mol. The number of aromatic nitrogens is 1. The van der Waals surface area contributed by atoms with Crippen LogP contribution in [0.25, 0.3) is 10.9 Å². The zero-order valence-electron chi connectivity index (χ0n) is 23.9. The minimum Gasteiger partial charge on any atom is -0.497 e. The number of nitrogens with one attached hydrogen (secondary N) is 2. The average molecular weight is 581 g/mol. The Morgan fingerprint density at radius 2 is 1.71 bits per heavy atom. The number of aromatic amines is 1. The number of carbonyl (C=O) groups is 2. The van der Waals surface area contributed by atoms with Crippen LogP contribution in [0.3, 0.4) is 0 Å². The van der Waals surface area contributed by atoms with Gasteiger partial charge in [0.05, 0.1) is 12.7 Å². The molecule has 4 rings (SSSR count). The van der Waals surface area contributed by atoms with Gasteiger partial charge in [0, 0.05) is 48.5 Å². The highest BCUT2D eigenvalue weighted by Gasteiger charge is 2.30. The Kier molecular flexibility index (Phi) is 9.77. The van der Waals surface area contributed by atoms with Crippen molar-refractivity contribution < 1.29 is 27.5 Å². The summed E-state index contributed by atoms with van der Waals surface area (Å²) in [7, 11) is 1.53. The third-order valence-corrected chi connectivity index (χ3v) is 6.85. The van der Waals surface area contributed by atoms with Crippen molar-refractivity contribution in [3.63, 3.8) is 0 Å². The molecule has 0 bridgehead atoms. The first-order chi connectivity index (χ1) is 20.0. The maximum Gasteiger partial charge on any atom is 0.416 e. The molecule has 0 saturated carbocycles. The van der Waals surface area contributed by atoms with Crippen LogP contribution in [0.1, 0.15) is 30.5 Å². The zero-order valence-corrected chi connectivity index (χ0v) is 23.9. The van der Waals surface area contributed by atoms with Gasteiger partial charge in [-0.25, -0.2) is 4.79 Å². The van der Waals surface area contributed by atoms with Crippen LogP contribution in [0.15, 0.2) is 79.0 Å². The smallest absolute Gasteiger partial charge is 0.416 e. The van der Waals surface area contributed by atoms with E-state index in [1.54, 1.807) is 29.2 Å². The van der Waals surface area contributed by atoms with Crippen molar-refractivity contribution in [1.29, 1.82) is 0 Å². The summed E-state index contributed by atoms with van der Waals surface area (Å²) >= 11 is 0. The number of para-hydroxylation sites is 1. The minimum absolute atomic E-state index is 0.0865. The first kappa shape index (κ1) is 30.5. The molecule has 0 aliphatic rings. The van der Waals surface area contributed by atoms with E-state index >= 15 is 0 Å². The van der Waals surface area contributed by atoms with E-state index in [0.717, 1.165) is 28.6 Å². The number of H-pyrrole nitrogens is 1. The van der Waals surface area contributed by atoms with Crippen molar-refractivity contribution in [2.24, 2.45) is 5.92 Å². The molecule has 42 heavy (non-hydrogen) atoms. The molecule has 4 aromatic rings. The standard InChI is InChI=1S/C32H35F3N4O3/c1-22(2)19-39(31(41)37-26-7-6-8-27(17-26)42-3)21-30(40)38(20-23-11-13-25(14-12-23)32(33,34)35)16-15-24-18-36-29-10-5-4-9-28(24)29/h4-14,17-18,22,36H,15-16,19-21H2,1-3H3,(H,37,41). The van der Waals surface area contributed by atoms with Gasteiger partial charge in [-0.2, -0.15) is 13.2 Å². The van der Waals surface area contributed by atoms with Gasteiger partial charge in [-0.05, 0) is 53.8 Å². The number of alkyl halides is 3. The quantitative estimate of drug-likeness (QED) is 0.201. The molecular formula is C32H35F3N4O3. The van der Waals surface area contributed by atoms with Gasteiger partial charge in [0.1, 0.15) is 12.3 Å². The van der Waals surface area contributed by atoms with E-state index in [-0.39, 0.29) is 24.9 Å². The van der Waals surface area contributed by atoms with Gasteiger partial charge in [-0.1, -0.05) is 50.2 Å². The molecule has 0 radical (unpaired) electrons. The average Bonchev–Trinajstić information content (AvgIpc) is 3.37. The summed E-state index contributed by atoms with van der Waals surface area (Å²) in [6, 6.07) is 19.1. The normalized spacial score (nSPS) is 11.5. The van der Waals surface area contributed by atoms with Crippen molar-refractivity contribution in [3.05, 3.63) is 95.7 Å². The van der Waals surface area contributed by atoms with Crippen molar-refractivity contribution in [2.45, 2.75) is 33.0 Å². The molecule has 0 aliphatic heterocycles. The number of fused-ring (bicyclic) bond motifs is 1. The van der Waals surface area contributed by atoms with Crippen LogP contribution in [0.5, 0.6) is 5.75 Å². The number of amides is 3. The summed E-state index contributed by atoms with van der Waals surface area (Å²) in [5.41, 5.74) is 2.34. The van der Waals surface area contributed by atoms with Crippen LogP contribution in [-0.2, 0) is 23.9 Å². The van der Waals surface area contributed by atoms with Gasteiger partial charge in [0.15, 0.2) is 0 Å². The monoisotopic (exact) mass is 580 g/mol. The molecule has 10 heteroatoms. The molecule has 222 valence electrons. The van der Waals surface area contributed by atoms with Gasteiger partial charge < -0.3 is 24.8 Å². The lowest BCUT2D eigenvalue weighted by Gasteiger charge is -2.29. The summed E-state index contributed by atoms with van der Waals surface area (Å²) in [4.78, 5) is 33.3. The topological polar surface area (TPSA) is 77.7 Å². The molecule has 1 heterocycles. The SMILES string of the molecule is COc1cccc(NC(=O)N(CC(=O)N(CCc2c[nH]c3ccccc23)Cc2ccc(C(F)(F)F)cc2)CC(C)C)c1. The highest BCUT2D eigenvalue weighted by Crippen LogP contribution is 2.29. The molecule has 0 unspecified atom stereocenters. The first-order valence-electron chi connectivity index (χ1n) is 13.7. The van der Waals surface area contributed by atoms with E-state index < -0.39 is 17.8 Å². The molecule has 2 N–H and O–H groups in total. The van der Waals surface area contributed by atoms with Crippen LogP contribution in [-0.4, -0.2) is 53.5 Å². The number of anilines is 1. The fourth-order valence-corrected chi connectivity index (χ4v) is 4.73. The number of nitrogens with zero attached hydrogens (tertiary/aromatic N) is 2. The predicted molar refractivity (Wildman–Crippen MR) is 157 cm³/mol. The second-order valence-corrected chi connectivity index (χ2v) is 10.6. The highest BCUT2D eigenvalue weighted by atomic mass is 19.4. The summed E-state index contributed by atoms with van der Waals surface area (Å²) in [6.45, 7) is 4.46. The number of benzene rings is 3. The number of methoxy groups -OCH3 is 1. The Labute approximate surface area is 243 Å². The number of ether oxygens (including phenoxy) is 1. The van der Waals surface area contributed by atoms with Crippen molar-refractivity contribution in [2.75, 3.05) is 32.1 Å². The summed E-state index contributed by atoms with van der Waals surface area (Å²) < 4.78 is 44.6. The van der Waals surface area contributed by atoms with Crippen LogP contribution >= 0.6 is 0 Å². The largest absolute Gasteiger partial charge is 0.497 e. The van der Waals surface area contributed by atoms with E-state index in [1.807, 2.05) is 44.3 Å². The third kappa shape index (κ3) is 8.05. The molecule has 0 spiro atoms. The Balaban J connectivity index is 1.54. The number of hydrogen-bond donors (Lipinski definition) is 2. The van der Waals surface area contributed by atoms with E-state index in [1.165, 1.54) is 24.1 Å². The number of carbonyl (C=O) groups excluding carboxylic acids is 2. The fraction of sp³-hybridized carbons (Fsp3) is 0.312. The fourth-order valence-electron chi connectivity index (χ4n) is 4.73. The molecule has 0 atom stereocenters. The maximum atomic E-state index is 13.7. The van der Waals surface area contributed by atoms with Gasteiger partial charge in [-0.15, -0.1) is 0 Å². The predicted octanol–water partition coefficient (Wildman–Crippen LogP) is 6.96. The van der Waals surface area contributed by atoms with Crippen molar-refractivity contribution >= 4 is 28.5 Å². The second-order valence-electron chi connectivity index (χ2n) is 10.6. The minimum atomic E-state index is -4.45. The van der Waals surface area contributed by atoms with Crippen molar-refractivity contribution in [3.8, 4) is 5.75 Å². The molecule has 0 aliphatic carbocycles. The van der Waals surface area contributed by atoms with E-state index in [4.69, 9.17) is 4.74 Å². The molecule has 1 aromatic heterocycles. The lowest BCUT2D eigenvalue weighted by Crippen LogP contribution is -2.46. The van der Waals surface area contributed by atoms with Gasteiger partial charge >= 0.3 is 12.2 Å². The first-order valence-corrected chi connectivity index (χ1v) is 13.7. The molecule has 7 nitrogen and oxygen atoms in total. The van der Waals surface area contributed by atoms with Crippen molar-refractivity contribution in [1.82, 2.24) is 14.8 Å². The summed E-state index contributed by atoms with van der Waals surface area (Å²) in [5, 5.41) is 3.88. The Hall–Kier alpha value is -4.47. The molecule has 0 fully saturated rings. The van der Waals surface area contributed by atoms with Crippen LogP contribution in [0.4, 0.5) is 23.7 Å². The second kappa shape index (κ2) is 13.5. The van der Waals surface area contributed by atoms with E-state index in [2.05, 4.69) is 10.3 Å². The van der Waals surface area contributed by atoms with Crippen LogP contribution in [0, 0.1) is 5.92 Å². The van der Waals surface area contributed by atoms with Gasteiger partial charge in [0.2, 0.25) is 5.91 Å². The Bertz CT molecular complexity index is 1500. The maximum absolute atomic E-state index is 13.7. The molecule has 0 saturated heterocycles. The highest BCUT2D eigenvalue weighted by molar-refractivity contribution is 5.92. The number of hydrogen-bond acceptors (Lipinski definition) is 3. The summed E-state index contributed by atoms with van der Waals surface area (Å²) in [5.74, 6) is 0.360. The van der Waals surface area contributed by atoms with Crippen LogP contribution < -0.4 is 10.1 Å². The lowest BCUT2D eigenvalue weighted by atomic mass is 10.1. The van der Waals surface area contributed by atoms with Crippen LogP contribution in [0.2, 0.25) is 0 Å². The lowest BCUT2D eigenvalue weighted by molar-refractivity contribution is -0.137. The zero-order chi connectivity index (χ0) is 30.3. The Morgan fingerprint density at radius 3 is 2.40 bits per heavy atom. The van der Waals surface area contributed by atoms with E-state index in [9.17, 15) is 22.8 Å². The van der Waals surface area contributed by atoms with Gasteiger partial charge in [-0.3, -0.25) is 4.79 Å². The number of rotatable bonds is 11. The third-order valence-electron chi connectivity index (χ3n) is 6.85. The summed E-state index contributed by atoms with van der Waals surface area (Å²) in [6.07, 6.45) is -2.02. The Morgan fingerprint density at radius 1 is 0.976 bits per heavy atom. The molecule has 3 amide bonds. The number of halogens is 3. The number of urea groups is 1. The molecule has 3 aromatic carbocycles.